The van der Waals surface area contributed by atoms with Crippen molar-refractivity contribution in [2.75, 3.05) is 4.90 Å². The molecular formula is C22H24N2O3. The minimum absolute atomic E-state index is 0.102. The number of phenols is 2. The molecule has 0 spiro atoms. The first-order valence-electron chi connectivity index (χ1n) is 9.31. The summed E-state index contributed by atoms with van der Waals surface area (Å²) < 4.78 is 0. The number of anilines is 1. The van der Waals surface area contributed by atoms with Gasteiger partial charge in [0.15, 0.2) is 11.5 Å². The van der Waals surface area contributed by atoms with Crippen molar-refractivity contribution in [3.8, 4) is 23.8 Å². The Morgan fingerprint density at radius 3 is 2.59 bits per heavy atom. The van der Waals surface area contributed by atoms with Crippen LogP contribution in [0.1, 0.15) is 37.7 Å². The van der Waals surface area contributed by atoms with Crippen LogP contribution >= 0.6 is 0 Å². The number of terminal acetylenes is 1. The predicted molar refractivity (Wildman–Crippen MR) is 104 cm³/mol. The van der Waals surface area contributed by atoms with Crippen LogP contribution in [0, 0.1) is 18.3 Å². The van der Waals surface area contributed by atoms with Crippen molar-refractivity contribution in [3.63, 3.8) is 0 Å². The molecule has 5 heteroatoms. The molecule has 2 aromatic rings. The predicted octanol–water partition coefficient (Wildman–Crippen LogP) is 3.65. The third-order valence-electron chi connectivity index (χ3n) is 5.05. The monoisotopic (exact) mass is 364 g/mol. The van der Waals surface area contributed by atoms with E-state index in [4.69, 9.17) is 6.42 Å². The van der Waals surface area contributed by atoms with Crippen LogP contribution in [-0.4, -0.2) is 27.1 Å². The van der Waals surface area contributed by atoms with Crippen molar-refractivity contribution in [2.24, 2.45) is 5.92 Å². The summed E-state index contributed by atoms with van der Waals surface area (Å²) in [5.74, 6) is 2.01. The van der Waals surface area contributed by atoms with Crippen molar-refractivity contribution in [2.45, 2.75) is 44.6 Å². The van der Waals surface area contributed by atoms with E-state index in [1.165, 1.54) is 18.6 Å². The van der Waals surface area contributed by atoms with Crippen molar-refractivity contribution >= 4 is 11.7 Å². The third kappa shape index (κ3) is 4.40. The summed E-state index contributed by atoms with van der Waals surface area (Å²) >= 11 is 0. The first-order chi connectivity index (χ1) is 13.1. The highest BCUT2D eigenvalue weighted by molar-refractivity contribution is 5.96. The lowest BCUT2D eigenvalue weighted by atomic mass is 9.91. The van der Waals surface area contributed by atoms with Crippen molar-refractivity contribution in [1.82, 2.24) is 4.98 Å². The Morgan fingerprint density at radius 2 is 1.96 bits per heavy atom. The Bertz CT molecular complexity index is 823. The molecule has 1 unspecified atom stereocenters. The number of aromatic nitrogens is 1. The van der Waals surface area contributed by atoms with Gasteiger partial charge in [0.25, 0.3) is 0 Å². The number of rotatable bonds is 5. The van der Waals surface area contributed by atoms with E-state index < -0.39 is 5.92 Å². The lowest BCUT2D eigenvalue weighted by Gasteiger charge is -2.35. The van der Waals surface area contributed by atoms with Crippen LogP contribution in [0.4, 0.5) is 5.82 Å². The lowest BCUT2D eigenvalue weighted by Crippen LogP contribution is -2.45. The number of carbonyl (C=O) groups excluding carboxylic acids is 1. The highest BCUT2D eigenvalue weighted by atomic mass is 16.3. The molecule has 1 aliphatic rings. The maximum Gasteiger partial charge on any atom is 0.243 e. The Hall–Kier alpha value is -3.00. The number of aromatic hydroxyl groups is 2. The minimum atomic E-state index is -0.669. The molecule has 1 fully saturated rings. The van der Waals surface area contributed by atoms with Gasteiger partial charge in [0.2, 0.25) is 5.91 Å². The molecule has 2 N–H and O–H groups in total. The topological polar surface area (TPSA) is 73.7 Å². The summed E-state index contributed by atoms with van der Waals surface area (Å²) in [4.78, 5) is 19.5. The number of benzene rings is 1. The highest BCUT2D eigenvalue weighted by Crippen LogP contribution is 2.30. The van der Waals surface area contributed by atoms with E-state index in [9.17, 15) is 15.0 Å². The third-order valence-corrected chi connectivity index (χ3v) is 5.05. The number of amides is 1. The van der Waals surface area contributed by atoms with E-state index in [1.54, 1.807) is 17.2 Å². The van der Waals surface area contributed by atoms with Gasteiger partial charge in [-0.1, -0.05) is 37.3 Å². The summed E-state index contributed by atoms with van der Waals surface area (Å²) in [7, 11) is 0. The molecule has 0 radical (unpaired) electrons. The Morgan fingerprint density at radius 1 is 1.19 bits per heavy atom. The van der Waals surface area contributed by atoms with Gasteiger partial charge in [0, 0.05) is 12.2 Å². The molecule has 1 heterocycles. The van der Waals surface area contributed by atoms with Gasteiger partial charge >= 0.3 is 0 Å². The molecule has 3 rings (SSSR count). The fraction of sp³-hybridized carbons (Fsp3) is 0.364. The summed E-state index contributed by atoms with van der Waals surface area (Å²) in [6, 6.07) is 10.1. The average Bonchev–Trinajstić information content (AvgIpc) is 2.70. The fourth-order valence-electron chi connectivity index (χ4n) is 3.63. The first-order valence-corrected chi connectivity index (χ1v) is 9.31. The number of phenolic OH excluding ortho intramolecular Hbond substituents is 2. The molecule has 27 heavy (non-hydrogen) atoms. The summed E-state index contributed by atoms with van der Waals surface area (Å²) in [5.41, 5.74) is 0.700. The number of hydrogen-bond donors (Lipinski definition) is 2. The summed E-state index contributed by atoms with van der Waals surface area (Å²) in [6.07, 6.45) is 12.9. The molecule has 1 aliphatic carbocycles. The molecule has 0 saturated heterocycles. The summed E-state index contributed by atoms with van der Waals surface area (Å²) in [6.45, 7) is 0. The van der Waals surface area contributed by atoms with Gasteiger partial charge in [0.1, 0.15) is 11.7 Å². The zero-order valence-electron chi connectivity index (χ0n) is 15.2. The molecule has 1 saturated carbocycles. The van der Waals surface area contributed by atoms with Crippen molar-refractivity contribution < 1.29 is 15.0 Å². The Kier molecular flexibility index (Phi) is 5.97. The summed E-state index contributed by atoms with van der Waals surface area (Å²) in [5, 5.41) is 19.2. The van der Waals surface area contributed by atoms with E-state index in [0.29, 0.717) is 17.8 Å². The van der Waals surface area contributed by atoms with E-state index in [2.05, 4.69) is 10.9 Å². The zero-order chi connectivity index (χ0) is 19.2. The Labute approximate surface area is 159 Å². The molecule has 140 valence electrons. The normalized spacial score (nSPS) is 15.7. The van der Waals surface area contributed by atoms with E-state index in [0.717, 1.165) is 25.7 Å². The minimum Gasteiger partial charge on any atom is -0.504 e. The van der Waals surface area contributed by atoms with Crippen molar-refractivity contribution in [3.05, 3.63) is 48.2 Å². The smallest absolute Gasteiger partial charge is 0.243 e. The Balaban J connectivity index is 1.86. The number of carbonyl (C=O) groups is 1. The molecule has 0 bridgehead atoms. The molecular weight excluding hydrogens is 340 g/mol. The van der Waals surface area contributed by atoms with Gasteiger partial charge < -0.3 is 10.2 Å². The van der Waals surface area contributed by atoms with Crippen molar-refractivity contribution in [1.29, 1.82) is 0 Å². The quantitative estimate of drug-likeness (QED) is 0.627. The largest absolute Gasteiger partial charge is 0.504 e. The zero-order valence-corrected chi connectivity index (χ0v) is 15.2. The maximum atomic E-state index is 13.4. The first kappa shape index (κ1) is 18.8. The van der Waals surface area contributed by atoms with Crippen LogP contribution < -0.4 is 4.90 Å². The van der Waals surface area contributed by atoms with Crippen LogP contribution in [0.3, 0.4) is 0 Å². The van der Waals surface area contributed by atoms with Crippen LogP contribution in [0.25, 0.3) is 0 Å². The average molecular weight is 364 g/mol. The van der Waals surface area contributed by atoms with Gasteiger partial charge in [-0.2, -0.15) is 0 Å². The number of pyridine rings is 1. The SMILES string of the molecule is C#CC(Cc1ccc(O)c(O)c1)C(=O)N(c1ccccn1)C1CCCCC1. The van der Waals surface area contributed by atoms with Gasteiger partial charge in [-0.3, -0.25) is 9.69 Å². The lowest BCUT2D eigenvalue weighted by molar-refractivity contribution is -0.121. The van der Waals surface area contributed by atoms with Gasteiger partial charge in [-0.25, -0.2) is 4.98 Å². The molecule has 0 aliphatic heterocycles. The van der Waals surface area contributed by atoms with E-state index >= 15 is 0 Å². The fourth-order valence-corrected chi connectivity index (χ4v) is 3.63. The number of hydrogen-bond acceptors (Lipinski definition) is 4. The van der Waals surface area contributed by atoms with Gasteiger partial charge in [0.05, 0.1) is 0 Å². The molecule has 5 nitrogen and oxygen atoms in total. The van der Waals surface area contributed by atoms with Crippen LogP contribution in [-0.2, 0) is 11.2 Å². The van der Waals surface area contributed by atoms with Crippen LogP contribution in [0.2, 0.25) is 0 Å². The molecule has 1 aromatic heterocycles. The van der Waals surface area contributed by atoms with Gasteiger partial charge in [-0.05, 0) is 49.1 Å². The van der Waals surface area contributed by atoms with Crippen LogP contribution in [0.15, 0.2) is 42.6 Å². The molecule has 1 aromatic carbocycles. The molecule has 1 amide bonds. The van der Waals surface area contributed by atoms with E-state index in [-0.39, 0.29) is 23.4 Å². The van der Waals surface area contributed by atoms with Gasteiger partial charge in [-0.15, -0.1) is 6.42 Å². The second-order valence-electron chi connectivity index (χ2n) is 6.93. The maximum absolute atomic E-state index is 13.4. The highest BCUT2D eigenvalue weighted by Gasteiger charge is 2.31. The van der Waals surface area contributed by atoms with E-state index in [1.807, 2.05) is 18.2 Å². The van der Waals surface area contributed by atoms with Crippen LogP contribution in [0.5, 0.6) is 11.5 Å². The second kappa shape index (κ2) is 8.59. The second-order valence-corrected chi connectivity index (χ2v) is 6.93. The molecule has 1 atom stereocenters. The number of nitrogens with zero attached hydrogens (tertiary/aromatic N) is 2. The standard InChI is InChI=1S/C22H24N2O3/c1-2-17(14-16-11-12-19(25)20(26)15-16)22(27)24(18-8-4-3-5-9-18)21-10-6-7-13-23-21/h1,6-7,10-13,15,17-18,25-26H,3-5,8-9,14H2.